The molecule has 3 heteroatoms. The van der Waals surface area contributed by atoms with Crippen LogP contribution in [0.4, 0.5) is 0 Å². The number of Topliss-reactive ketones (excluding diaryl/α,β-unsaturated/α-hetero) is 1. The van der Waals surface area contributed by atoms with Gasteiger partial charge in [0.05, 0.1) is 0 Å². The molecule has 92 valence electrons. The lowest BCUT2D eigenvalue weighted by molar-refractivity contribution is 0.0830. The van der Waals surface area contributed by atoms with Crippen LogP contribution >= 0.6 is 15.9 Å². The highest BCUT2D eigenvalue weighted by Crippen LogP contribution is 2.35. The normalized spacial score (nSPS) is 29.0. The van der Waals surface area contributed by atoms with Crippen LogP contribution in [0.2, 0.25) is 0 Å². The van der Waals surface area contributed by atoms with Crippen LogP contribution in [0.15, 0.2) is 22.8 Å². The van der Waals surface area contributed by atoms with Gasteiger partial charge in [0.2, 0.25) is 0 Å². The van der Waals surface area contributed by atoms with Crippen molar-refractivity contribution in [1.29, 1.82) is 0 Å². The minimum Gasteiger partial charge on any atom is -0.292 e. The first kappa shape index (κ1) is 12.7. The van der Waals surface area contributed by atoms with Crippen molar-refractivity contribution in [2.45, 2.75) is 33.1 Å². The number of nitrogens with zero attached hydrogens (tertiary/aromatic N) is 1. The van der Waals surface area contributed by atoms with E-state index in [1.54, 1.807) is 6.20 Å². The molecule has 1 fully saturated rings. The molecule has 2 rings (SSSR count). The number of rotatable bonds is 2. The number of halogens is 1. The van der Waals surface area contributed by atoms with Crippen molar-refractivity contribution >= 4 is 21.7 Å². The highest BCUT2D eigenvalue weighted by Gasteiger charge is 2.30. The molecule has 1 aliphatic carbocycles. The molecular weight excluding hydrogens is 278 g/mol. The minimum atomic E-state index is 0.153. The van der Waals surface area contributed by atoms with Gasteiger partial charge in [-0.25, -0.2) is 0 Å². The van der Waals surface area contributed by atoms with Crippen molar-refractivity contribution in [3.8, 4) is 0 Å². The van der Waals surface area contributed by atoms with Crippen molar-refractivity contribution < 1.29 is 4.79 Å². The van der Waals surface area contributed by atoms with Crippen LogP contribution in [0.25, 0.3) is 0 Å². The number of aromatic nitrogens is 1. The lowest BCUT2D eigenvalue weighted by atomic mass is 9.74. The van der Waals surface area contributed by atoms with Gasteiger partial charge in [0.1, 0.15) is 5.69 Å². The molecule has 0 aromatic carbocycles. The van der Waals surface area contributed by atoms with E-state index < -0.39 is 0 Å². The monoisotopic (exact) mass is 295 g/mol. The molecule has 0 bridgehead atoms. The summed E-state index contributed by atoms with van der Waals surface area (Å²) in [6.45, 7) is 4.48. The van der Waals surface area contributed by atoms with Crippen LogP contribution in [0, 0.1) is 17.8 Å². The zero-order valence-corrected chi connectivity index (χ0v) is 11.9. The summed E-state index contributed by atoms with van der Waals surface area (Å²) < 4.78 is 0.816. The first-order chi connectivity index (χ1) is 8.08. The van der Waals surface area contributed by atoms with E-state index in [0.29, 0.717) is 17.5 Å². The van der Waals surface area contributed by atoms with E-state index in [2.05, 4.69) is 34.8 Å². The third kappa shape index (κ3) is 2.95. The molecule has 2 atom stereocenters. The number of carbonyl (C=O) groups is 1. The largest absolute Gasteiger partial charge is 0.292 e. The van der Waals surface area contributed by atoms with Crippen LogP contribution < -0.4 is 0 Å². The van der Waals surface area contributed by atoms with Crippen molar-refractivity contribution in [2.24, 2.45) is 17.8 Å². The Bertz CT molecular complexity index is 408. The fourth-order valence-electron chi connectivity index (χ4n) is 2.92. The molecule has 2 nitrogen and oxygen atoms in total. The third-order valence-corrected chi connectivity index (χ3v) is 4.18. The predicted molar refractivity (Wildman–Crippen MR) is 71.9 cm³/mol. The molecule has 1 aromatic heterocycles. The molecule has 0 aliphatic heterocycles. The van der Waals surface area contributed by atoms with Crippen LogP contribution in [-0.4, -0.2) is 10.8 Å². The second-order valence-electron chi connectivity index (χ2n) is 5.31. The first-order valence-corrected chi connectivity index (χ1v) is 7.02. The second kappa shape index (κ2) is 5.30. The Morgan fingerprint density at radius 1 is 1.29 bits per heavy atom. The van der Waals surface area contributed by atoms with E-state index in [1.165, 1.54) is 6.42 Å². The summed E-state index contributed by atoms with van der Waals surface area (Å²) in [5.41, 5.74) is 0.596. The Kier molecular flexibility index (Phi) is 3.97. The lowest BCUT2D eigenvalue weighted by Gasteiger charge is -2.30. The maximum absolute atomic E-state index is 12.4. The Morgan fingerprint density at radius 3 is 2.53 bits per heavy atom. The summed E-state index contributed by atoms with van der Waals surface area (Å²) in [5.74, 6) is 1.65. The van der Waals surface area contributed by atoms with E-state index in [0.717, 1.165) is 17.3 Å². The van der Waals surface area contributed by atoms with Gasteiger partial charge in [-0.1, -0.05) is 13.8 Å². The van der Waals surface area contributed by atoms with Crippen LogP contribution in [0.5, 0.6) is 0 Å². The Morgan fingerprint density at radius 2 is 1.94 bits per heavy atom. The molecule has 17 heavy (non-hydrogen) atoms. The average molecular weight is 296 g/mol. The standard InChI is InChI=1S/C14H18BrNO/c1-9-6-10(2)8-11(7-9)14(17)13-12(15)4-3-5-16-13/h3-5,9-11H,6-8H2,1-2H3. The highest BCUT2D eigenvalue weighted by molar-refractivity contribution is 9.10. The van der Waals surface area contributed by atoms with E-state index in [4.69, 9.17) is 0 Å². The molecular formula is C14H18BrNO. The number of ketones is 1. The second-order valence-corrected chi connectivity index (χ2v) is 6.17. The summed E-state index contributed by atoms with van der Waals surface area (Å²) in [5, 5.41) is 0. The third-order valence-electron chi connectivity index (χ3n) is 3.54. The molecule has 2 unspecified atom stereocenters. The summed E-state index contributed by atoms with van der Waals surface area (Å²) in [7, 11) is 0. The molecule has 1 aromatic rings. The summed E-state index contributed by atoms with van der Waals surface area (Å²) in [6.07, 6.45) is 4.94. The first-order valence-electron chi connectivity index (χ1n) is 6.22. The van der Waals surface area contributed by atoms with Crippen molar-refractivity contribution in [1.82, 2.24) is 4.98 Å². The number of pyridine rings is 1. The number of carbonyl (C=O) groups excluding carboxylic acids is 1. The molecule has 0 amide bonds. The fraction of sp³-hybridized carbons (Fsp3) is 0.571. The van der Waals surface area contributed by atoms with Gasteiger partial charge in [0, 0.05) is 16.6 Å². The summed E-state index contributed by atoms with van der Waals surface area (Å²) in [4.78, 5) is 16.6. The molecule has 1 saturated carbocycles. The Balaban J connectivity index is 2.17. The van der Waals surface area contributed by atoms with Gasteiger partial charge in [-0.2, -0.15) is 0 Å². The Hall–Kier alpha value is -0.700. The molecule has 1 heterocycles. The Labute approximate surface area is 111 Å². The minimum absolute atomic E-state index is 0.153. The summed E-state index contributed by atoms with van der Waals surface area (Å²) >= 11 is 3.41. The van der Waals surface area contributed by atoms with Gasteiger partial charge in [-0.05, 0) is 59.2 Å². The van der Waals surface area contributed by atoms with Gasteiger partial charge < -0.3 is 0 Å². The maximum atomic E-state index is 12.4. The van der Waals surface area contributed by atoms with Crippen LogP contribution in [0.1, 0.15) is 43.6 Å². The van der Waals surface area contributed by atoms with Gasteiger partial charge in [0.25, 0.3) is 0 Å². The molecule has 1 aliphatic rings. The number of hydrogen-bond acceptors (Lipinski definition) is 2. The van der Waals surface area contributed by atoms with E-state index in [1.807, 2.05) is 12.1 Å². The quantitative estimate of drug-likeness (QED) is 0.769. The number of hydrogen-bond donors (Lipinski definition) is 0. The summed E-state index contributed by atoms with van der Waals surface area (Å²) in [6, 6.07) is 3.73. The van der Waals surface area contributed by atoms with Gasteiger partial charge in [0.15, 0.2) is 5.78 Å². The zero-order chi connectivity index (χ0) is 12.4. The van der Waals surface area contributed by atoms with Crippen molar-refractivity contribution in [3.05, 3.63) is 28.5 Å². The highest BCUT2D eigenvalue weighted by atomic mass is 79.9. The van der Waals surface area contributed by atoms with Gasteiger partial charge in [-0.3, -0.25) is 9.78 Å². The SMILES string of the molecule is CC1CC(C)CC(C(=O)c2ncccc2Br)C1. The average Bonchev–Trinajstić information content (AvgIpc) is 2.27. The lowest BCUT2D eigenvalue weighted by Crippen LogP contribution is -2.26. The van der Waals surface area contributed by atoms with Crippen LogP contribution in [0.3, 0.4) is 0 Å². The predicted octanol–water partition coefficient (Wildman–Crippen LogP) is 4.10. The topological polar surface area (TPSA) is 30.0 Å². The molecule has 0 radical (unpaired) electrons. The molecule has 0 spiro atoms. The van der Waals surface area contributed by atoms with Crippen molar-refractivity contribution in [2.75, 3.05) is 0 Å². The fourth-order valence-corrected chi connectivity index (χ4v) is 3.37. The molecule has 0 saturated heterocycles. The zero-order valence-electron chi connectivity index (χ0n) is 10.3. The smallest absolute Gasteiger partial charge is 0.185 e. The molecule has 0 N–H and O–H groups in total. The maximum Gasteiger partial charge on any atom is 0.185 e. The van der Waals surface area contributed by atoms with Gasteiger partial charge >= 0.3 is 0 Å². The van der Waals surface area contributed by atoms with Crippen molar-refractivity contribution in [3.63, 3.8) is 0 Å². The van der Waals surface area contributed by atoms with Crippen LogP contribution in [-0.2, 0) is 0 Å². The van der Waals surface area contributed by atoms with E-state index >= 15 is 0 Å². The van der Waals surface area contributed by atoms with E-state index in [9.17, 15) is 4.79 Å². The van der Waals surface area contributed by atoms with Gasteiger partial charge in [-0.15, -0.1) is 0 Å². The van der Waals surface area contributed by atoms with E-state index in [-0.39, 0.29) is 11.7 Å².